The van der Waals surface area contributed by atoms with E-state index in [0.717, 1.165) is 56.4 Å². The summed E-state index contributed by atoms with van der Waals surface area (Å²) in [5.74, 6) is -0.372. The first-order valence-electron chi connectivity index (χ1n) is 12.4. The first kappa shape index (κ1) is 25.2. The van der Waals surface area contributed by atoms with Gasteiger partial charge >= 0.3 is 0 Å². The lowest BCUT2D eigenvalue weighted by Crippen LogP contribution is -2.36. The van der Waals surface area contributed by atoms with Crippen LogP contribution in [0.15, 0.2) is 47.4 Å². The second-order valence-electron chi connectivity index (χ2n) is 9.29. The summed E-state index contributed by atoms with van der Waals surface area (Å²) in [6.45, 7) is 4.27. The molecule has 2 aromatic rings. The fourth-order valence-corrected chi connectivity index (χ4v) is 6.27. The normalized spacial score (nSPS) is 17.1. The summed E-state index contributed by atoms with van der Waals surface area (Å²) < 4.78 is 28.1. The number of carbonyl (C=O) groups is 2. The number of hydrogen-bond acceptors (Lipinski definition) is 5. The van der Waals surface area contributed by atoms with Gasteiger partial charge in [0, 0.05) is 38.8 Å². The van der Waals surface area contributed by atoms with Crippen LogP contribution in [0.4, 0.5) is 17.1 Å². The molecule has 0 radical (unpaired) electrons. The van der Waals surface area contributed by atoms with E-state index in [1.807, 2.05) is 6.07 Å². The highest BCUT2D eigenvalue weighted by atomic mass is 32.2. The smallest absolute Gasteiger partial charge is 0.243 e. The number of nitrogens with zero attached hydrogens (tertiary/aromatic N) is 2. The van der Waals surface area contributed by atoms with Crippen molar-refractivity contribution in [1.82, 2.24) is 4.31 Å². The van der Waals surface area contributed by atoms with Crippen LogP contribution < -0.4 is 15.5 Å². The van der Waals surface area contributed by atoms with Crippen molar-refractivity contribution < 1.29 is 18.0 Å². The quantitative estimate of drug-likeness (QED) is 0.601. The average Bonchev–Trinajstić information content (AvgIpc) is 2.86. The minimum Gasteiger partial charge on any atom is -0.370 e. The SMILES string of the molecule is CC(=O)Nc1ccc(CC(=O)Nc2cc(S(=O)(=O)N3CCCCC3)ccc2N2CCCCC2)cc1. The molecule has 0 spiro atoms. The minimum atomic E-state index is -3.61. The standard InChI is InChI=1S/C26H34N4O4S/c1-20(31)27-22-10-8-21(9-11-22)18-26(32)28-24-19-23(35(33,34)30-16-6-3-7-17-30)12-13-25(24)29-14-4-2-5-15-29/h8-13,19H,2-7,14-18H2,1H3,(H,27,31)(H,28,32). The van der Waals surface area contributed by atoms with Crippen molar-refractivity contribution in [2.75, 3.05) is 41.7 Å². The number of anilines is 3. The maximum Gasteiger partial charge on any atom is 0.243 e. The maximum absolute atomic E-state index is 13.3. The lowest BCUT2D eigenvalue weighted by Gasteiger charge is -2.31. The van der Waals surface area contributed by atoms with Crippen LogP contribution in [0, 0.1) is 0 Å². The molecule has 35 heavy (non-hydrogen) atoms. The molecule has 0 atom stereocenters. The maximum atomic E-state index is 13.3. The van der Waals surface area contributed by atoms with E-state index in [9.17, 15) is 18.0 Å². The van der Waals surface area contributed by atoms with E-state index in [2.05, 4.69) is 15.5 Å². The number of carbonyl (C=O) groups excluding carboxylic acids is 2. The molecule has 2 aromatic carbocycles. The van der Waals surface area contributed by atoms with Crippen molar-refractivity contribution in [3.63, 3.8) is 0 Å². The van der Waals surface area contributed by atoms with E-state index in [1.54, 1.807) is 40.7 Å². The van der Waals surface area contributed by atoms with Gasteiger partial charge in [-0.2, -0.15) is 4.31 Å². The van der Waals surface area contributed by atoms with Gasteiger partial charge in [-0.25, -0.2) is 8.42 Å². The molecule has 2 aliphatic rings. The van der Waals surface area contributed by atoms with E-state index in [4.69, 9.17) is 0 Å². The van der Waals surface area contributed by atoms with Crippen LogP contribution in [0.3, 0.4) is 0 Å². The van der Waals surface area contributed by atoms with Crippen molar-refractivity contribution in [1.29, 1.82) is 0 Å². The summed E-state index contributed by atoms with van der Waals surface area (Å²) >= 11 is 0. The van der Waals surface area contributed by atoms with E-state index >= 15 is 0 Å². The topological polar surface area (TPSA) is 98.8 Å². The zero-order valence-corrected chi connectivity index (χ0v) is 21.1. The van der Waals surface area contributed by atoms with E-state index in [-0.39, 0.29) is 23.1 Å². The number of hydrogen-bond donors (Lipinski definition) is 2. The van der Waals surface area contributed by atoms with Crippen LogP contribution in [-0.4, -0.2) is 50.7 Å². The summed E-state index contributed by atoms with van der Waals surface area (Å²) in [6, 6.07) is 12.2. The lowest BCUT2D eigenvalue weighted by atomic mass is 10.1. The summed E-state index contributed by atoms with van der Waals surface area (Å²) in [6.07, 6.45) is 6.25. The number of nitrogens with one attached hydrogen (secondary N) is 2. The fourth-order valence-electron chi connectivity index (χ4n) is 4.73. The Morgan fingerprint density at radius 3 is 2.09 bits per heavy atom. The predicted molar refractivity (Wildman–Crippen MR) is 138 cm³/mol. The molecule has 9 heteroatoms. The molecular weight excluding hydrogens is 464 g/mol. The molecule has 188 valence electrons. The average molecular weight is 499 g/mol. The van der Waals surface area contributed by atoms with Gasteiger partial charge in [-0.1, -0.05) is 18.6 Å². The Morgan fingerprint density at radius 2 is 1.46 bits per heavy atom. The Kier molecular flexibility index (Phi) is 8.07. The van der Waals surface area contributed by atoms with Gasteiger partial charge in [-0.05, 0) is 68.0 Å². The van der Waals surface area contributed by atoms with Crippen molar-refractivity contribution in [2.24, 2.45) is 0 Å². The molecule has 0 unspecified atom stereocenters. The molecule has 2 N–H and O–H groups in total. The van der Waals surface area contributed by atoms with Crippen molar-refractivity contribution in [3.05, 3.63) is 48.0 Å². The largest absolute Gasteiger partial charge is 0.370 e. The van der Waals surface area contributed by atoms with Gasteiger partial charge in [-0.3, -0.25) is 9.59 Å². The van der Waals surface area contributed by atoms with E-state index in [0.29, 0.717) is 24.5 Å². The Balaban J connectivity index is 1.56. The summed E-state index contributed by atoms with van der Waals surface area (Å²) in [4.78, 5) is 26.6. The molecule has 2 amide bonds. The first-order valence-corrected chi connectivity index (χ1v) is 13.8. The Bertz CT molecular complexity index is 1150. The zero-order chi connectivity index (χ0) is 24.8. The van der Waals surface area contributed by atoms with Crippen LogP contribution in [0.5, 0.6) is 0 Å². The molecule has 0 aliphatic carbocycles. The number of sulfonamides is 1. The summed E-state index contributed by atoms with van der Waals surface area (Å²) in [5.41, 5.74) is 2.86. The molecule has 2 heterocycles. The second kappa shape index (κ2) is 11.2. The lowest BCUT2D eigenvalue weighted by molar-refractivity contribution is -0.116. The van der Waals surface area contributed by atoms with Crippen molar-refractivity contribution in [2.45, 2.75) is 56.8 Å². The van der Waals surface area contributed by atoms with Gasteiger partial charge in [0.05, 0.1) is 22.7 Å². The van der Waals surface area contributed by atoms with Gasteiger partial charge in [0.15, 0.2) is 0 Å². The second-order valence-corrected chi connectivity index (χ2v) is 11.2. The molecule has 0 bridgehead atoms. The third-order valence-corrected chi connectivity index (χ3v) is 8.43. The van der Waals surface area contributed by atoms with Gasteiger partial charge in [0.25, 0.3) is 0 Å². The minimum absolute atomic E-state index is 0.142. The molecule has 2 saturated heterocycles. The van der Waals surface area contributed by atoms with E-state index < -0.39 is 10.0 Å². The zero-order valence-electron chi connectivity index (χ0n) is 20.3. The number of benzene rings is 2. The Hall–Kier alpha value is -2.91. The van der Waals surface area contributed by atoms with Crippen LogP contribution in [0.1, 0.15) is 51.0 Å². The van der Waals surface area contributed by atoms with Crippen LogP contribution in [-0.2, 0) is 26.0 Å². The Morgan fingerprint density at radius 1 is 0.829 bits per heavy atom. The Labute approximate surface area is 207 Å². The van der Waals surface area contributed by atoms with Crippen LogP contribution >= 0.6 is 0 Å². The first-order chi connectivity index (χ1) is 16.8. The number of rotatable bonds is 7. The molecule has 4 rings (SSSR count). The van der Waals surface area contributed by atoms with Gasteiger partial charge in [0.2, 0.25) is 21.8 Å². The highest BCUT2D eigenvalue weighted by molar-refractivity contribution is 7.89. The van der Waals surface area contributed by atoms with Crippen LogP contribution in [0.2, 0.25) is 0 Å². The molecule has 2 aliphatic heterocycles. The van der Waals surface area contributed by atoms with E-state index in [1.165, 1.54) is 13.3 Å². The predicted octanol–water partition coefficient (Wildman–Crippen LogP) is 3.99. The molecular formula is C26H34N4O4S. The van der Waals surface area contributed by atoms with Gasteiger partial charge < -0.3 is 15.5 Å². The monoisotopic (exact) mass is 498 g/mol. The molecule has 0 saturated carbocycles. The number of amides is 2. The third kappa shape index (κ3) is 6.41. The van der Waals surface area contributed by atoms with Crippen molar-refractivity contribution in [3.8, 4) is 0 Å². The van der Waals surface area contributed by atoms with Gasteiger partial charge in [-0.15, -0.1) is 0 Å². The summed E-state index contributed by atoms with van der Waals surface area (Å²) in [7, 11) is -3.61. The van der Waals surface area contributed by atoms with Crippen LogP contribution in [0.25, 0.3) is 0 Å². The fraction of sp³-hybridized carbons (Fsp3) is 0.462. The molecule has 8 nitrogen and oxygen atoms in total. The highest BCUT2D eigenvalue weighted by Crippen LogP contribution is 2.33. The van der Waals surface area contributed by atoms with Gasteiger partial charge in [0.1, 0.15) is 0 Å². The molecule has 0 aromatic heterocycles. The third-order valence-electron chi connectivity index (χ3n) is 6.53. The number of piperidine rings is 2. The highest BCUT2D eigenvalue weighted by Gasteiger charge is 2.27. The summed E-state index contributed by atoms with van der Waals surface area (Å²) in [5, 5.41) is 5.70. The van der Waals surface area contributed by atoms with Crippen molar-refractivity contribution >= 4 is 38.9 Å². The molecule has 2 fully saturated rings.